The van der Waals surface area contributed by atoms with Crippen molar-refractivity contribution in [2.45, 2.75) is 40.5 Å². The van der Waals surface area contributed by atoms with Crippen molar-refractivity contribution in [1.29, 1.82) is 0 Å². The molecule has 0 aromatic heterocycles. The van der Waals surface area contributed by atoms with Gasteiger partial charge in [0.15, 0.2) is 0 Å². The van der Waals surface area contributed by atoms with Crippen molar-refractivity contribution in [2.24, 2.45) is 5.41 Å². The molecule has 0 spiro atoms. The molecule has 3 rings (SSSR count). The van der Waals surface area contributed by atoms with Gasteiger partial charge < -0.3 is 10.2 Å². The molecule has 2 aromatic carbocycles. The van der Waals surface area contributed by atoms with Gasteiger partial charge in [-0.3, -0.25) is 18.6 Å². The van der Waals surface area contributed by atoms with Gasteiger partial charge in [0.1, 0.15) is 0 Å². The lowest BCUT2D eigenvalue weighted by molar-refractivity contribution is -0.123. The lowest BCUT2D eigenvalue weighted by atomic mass is 9.95. The van der Waals surface area contributed by atoms with E-state index in [0.29, 0.717) is 6.54 Å². The van der Waals surface area contributed by atoms with Crippen LogP contribution in [0.5, 0.6) is 0 Å². The number of aryl methyl sites for hydroxylation is 1. The van der Waals surface area contributed by atoms with Crippen molar-refractivity contribution in [3.8, 4) is 0 Å². The number of anilines is 3. The van der Waals surface area contributed by atoms with Crippen molar-refractivity contribution < 1.29 is 13.6 Å². The number of rotatable bonds is 9. The highest BCUT2D eigenvalue weighted by Gasteiger charge is 2.22. The fraction of sp³-hybridized carbons (Fsp3) is 0.500. The van der Waals surface area contributed by atoms with E-state index in [1.807, 2.05) is 70.2 Å². The standard InChI is InChI=1S/C26H38N4O3S/c1-21-10-12-23(13-11-21)30(34(32)33)15-6-5-14-28-16-18-29(19-17-28)24-9-7-8-22(20-24)27-25(31)26(2,3)4/h7-13,20H,5-6,14-19H2,1-4H3,(H,27,31)(H,32,33). The quantitative estimate of drug-likeness (QED) is 0.402. The molecule has 0 bridgehead atoms. The van der Waals surface area contributed by atoms with E-state index in [-0.39, 0.29) is 5.91 Å². The molecule has 2 aromatic rings. The molecule has 0 radical (unpaired) electrons. The second kappa shape index (κ2) is 11.8. The second-order valence-electron chi connectivity index (χ2n) is 9.96. The number of hydrogen-bond acceptors (Lipinski definition) is 4. The van der Waals surface area contributed by atoms with E-state index >= 15 is 0 Å². The van der Waals surface area contributed by atoms with E-state index in [1.54, 1.807) is 4.31 Å². The Morgan fingerprint density at radius 1 is 1.06 bits per heavy atom. The SMILES string of the molecule is Cc1ccc(N(CCCCN2CCN(c3cccc(NC(=O)C(C)(C)C)c3)CC2)S(=O)O)cc1. The molecule has 1 atom stereocenters. The molecule has 1 aliphatic heterocycles. The Morgan fingerprint density at radius 2 is 1.74 bits per heavy atom. The largest absolute Gasteiger partial charge is 0.369 e. The molecule has 0 aliphatic carbocycles. The van der Waals surface area contributed by atoms with Crippen LogP contribution >= 0.6 is 0 Å². The molecule has 1 heterocycles. The van der Waals surface area contributed by atoms with E-state index in [9.17, 15) is 13.6 Å². The summed E-state index contributed by atoms with van der Waals surface area (Å²) in [6, 6.07) is 15.8. The Labute approximate surface area is 206 Å². The molecule has 7 nitrogen and oxygen atoms in total. The number of hydrogen-bond donors (Lipinski definition) is 2. The van der Waals surface area contributed by atoms with Crippen LogP contribution in [0.15, 0.2) is 48.5 Å². The minimum absolute atomic E-state index is 0.0143. The van der Waals surface area contributed by atoms with Crippen LogP contribution in [0.3, 0.4) is 0 Å². The van der Waals surface area contributed by atoms with Crippen LogP contribution in [0.4, 0.5) is 17.1 Å². The molecule has 2 N–H and O–H groups in total. The van der Waals surface area contributed by atoms with Crippen LogP contribution in [0, 0.1) is 12.3 Å². The van der Waals surface area contributed by atoms with Gasteiger partial charge in [0, 0.05) is 49.5 Å². The predicted molar refractivity (Wildman–Crippen MR) is 142 cm³/mol. The average Bonchev–Trinajstić information content (AvgIpc) is 2.79. The molecular formula is C26H38N4O3S. The first-order chi connectivity index (χ1) is 16.1. The van der Waals surface area contributed by atoms with Crippen molar-refractivity contribution in [2.75, 3.05) is 53.8 Å². The molecule has 34 heavy (non-hydrogen) atoms. The summed E-state index contributed by atoms with van der Waals surface area (Å²) in [6.45, 7) is 13.1. The maximum absolute atomic E-state index is 12.3. The van der Waals surface area contributed by atoms with Crippen molar-refractivity contribution in [3.05, 3.63) is 54.1 Å². The zero-order valence-corrected chi connectivity index (χ0v) is 21.6. The van der Waals surface area contributed by atoms with Gasteiger partial charge in [-0.1, -0.05) is 44.5 Å². The van der Waals surface area contributed by atoms with Crippen LogP contribution in [0.2, 0.25) is 0 Å². The van der Waals surface area contributed by atoms with E-state index in [0.717, 1.165) is 68.2 Å². The Hall–Kier alpha value is -2.42. The van der Waals surface area contributed by atoms with Crippen molar-refractivity contribution in [1.82, 2.24) is 4.90 Å². The third-order valence-electron chi connectivity index (χ3n) is 6.12. The average molecular weight is 487 g/mol. The lowest BCUT2D eigenvalue weighted by Crippen LogP contribution is -2.46. The van der Waals surface area contributed by atoms with Gasteiger partial charge in [-0.25, -0.2) is 4.21 Å². The van der Waals surface area contributed by atoms with Gasteiger partial charge in [0.25, 0.3) is 11.3 Å². The first kappa shape index (κ1) is 26.2. The first-order valence-electron chi connectivity index (χ1n) is 12.0. The highest BCUT2D eigenvalue weighted by atomic mass is 32.2. The van der Waals surface area contributed by atoms with Gasteiger partial charge in [-0.15, -0.1) is 0 Å². The molecule has 186 valence electrons. The summed E-state index contributed by atoms with van der Waals surface area (Å²) in [5.74, 6) is 0.0143. The summed E-state index contributed by atoms with van der Waals surface area (Å²) in [7, 11) is 0. The van der Waals surface area contributed by atoms with Crippen LogP contribution in [-0.4, -0.2) is 58.8 Å². The highest BCUT2D eigenvalue weighted by Crippen LogP contribution is 2.23. The van der Waals surface area contributed by atoms with Crippen molar-refractivity contribution >= 4 is 34.2 Å². The van der Waals surface area contributed by atoms with Crippen molar-refractivity contribution in [3.63, 3.8) is 0 Å². The number of unbranched alkanes of at least 4 members (excludes halogenated alkanes) is 1. The maximum Gasteiger partial charge on any atom is 0.261 e. The maximum atomic E-state index is 12.3. The number of carbonyl (C=O) groups excluding carboxylic acids is 1. The van der Waals surface area contributed by atoms with Crippen LogP contribution in [-0.2, 0) is 16.1 Å². The second-order valence-corrected chi connectivity index (χ2v) is 10.9. The molecule has 1 unspecified atom stereocenters. The first-order valence-corrected chi connectivity index (χ1v) is 13.0. The molecular weight excluding hydrogens is 448 g/mol. The highest BCUT2D eigenvalue weighted by molar-refractivity contribution is 7.80. The van der Waals surface area contributed by atoms with E-state index in [4.69, 9.17) is 0 Å². The van der Waals surface area contributed by atoms with E-state index < -0.39 is 16.7 Å². The number of piperazine rings is 1. The predicted octanol–water partition coefficient (Wildman–Crippen LogP) is 4.53. The third kappa shape index (κ3) is 7.55. The summed E-state index contributed by atoms with van der Waals surface area (Å²) >= 11 is -2.02. The number of amides is 1. The van der Waals surface area contributed by atoms with Gasteiger partial charge in [-0.05, 0) is 56.6 Å². The van der Waals surface area contributed by atoms with Gasteiger partial charge in [0.05, 0.1) is 5.69 Å². The van der Waals surface area contributed by atoms with Gasteiger partial charge in [-0.2, -0.15) is 0 Å². The Kier molecular flexibility index (Phi) is 9.10. The molecule has 1 aliphatic rings. The summed E-state index contributed by atoms with van der Waals surface area (Å²) < 4.78 is 23.0. The molecule has 1 amide bonds. The van der Waals surface area contributed by atoms with E-state index in [1.165, 1.54) is 0 Å². The zero-order valence-electron chi connectivity index (χ0n) is 20.8. The third-order valence-corrected chi connectivity index (χ3v) is 6.89. The lowest BCUT2D eigenvalue weighted by Gasteiger charge is -2.36. The van der Waals surface area contributed by atoms with Gasteiger partial charge in [0.2, 0.25) is 5.91 Å². The zero-order chi connectivity index (χ0) is 24.7. The molecule has 8 heteroatoms. The summed E-state index contributed by atoms with van der Waals surface area (Å²) in [5, 5.41) is 3.02. The minimum Gasteiger partial charge on any atom is -0.369 e. The molecule has 1 saturated heterocycles. The fourth-order valence-electron chi connectivity index (χ4n) is 3.93. The number of nitrogens with one attached hydrogen (secondary N) is 1. The number of benzene rings is 2. The number of carbonyl (C=O) groups is 1. The topological polar surface area (TPSA) is 76.1 Å². The molecule has 0 saturated carbocycles. The van der Waals surface area contributed by atoms with Crippen LogP contribution in [0.25, 0.3) is 0 Å². The minimum atomic E-state index is -2.02. The Bertz CT molecular complexity index is 967. The van der Waals surface area contributed by atoms with Crippen LogP contribution in [0.1, 0.15) is 39.2 Å². The van der Waals surface area contributed by atoms with E-state index in [2.05, 4.69) is 21.2 Å². The van der Waals surface area contributed by atoms with Gasteiger partial charge >= 0.3 is 0 Å². The monoisotopic (exact) mass is 486 g/mol. The van der Waals surface area contributed by atoms with Crippen LogP contribution < -0.4 is 14.5 Å². The summed E-state index contributed by atoms with van der Waals surface area (Å²) in [5.41, 5.74) is 3.45. The Balaban J connectivity index is 1.43. The summed E-state index contributed by atoms with van der Waals surface area (Å²) in [4.78, 5) is 17.1. The molecule has 1 fully saturated rings. The summed E-state index contributed by atoms with van der Waals surface area (Å²) in [6.07, 6.45) is 1.84. The Morgan fingerprint density at radius 3 is 2.35 bits per heavy atom. The normalized spacial score (nSPS) is 15.7. The smallest absolute Gasteiger partial charge is 0.261 e. The number of nitrogens with zero attached hydrogens (tertiary/aromatic N) is 3. The fourth-order valence-corrected chi connectivity index (χ4v) is 4.52.